The van der Waals surface area contributed by atoms with Gasteiger partial charge >= 0.3 is 23.9 Å². The number of esters is 4. The van der Waals surface area contributed by atoms with Gasteiger partial charge in [-0.25, -0.2) is 0 Å². The van der Waals surface area contributed by atoms with Crippen molar-refractivity contribution < 1.29 is 52.5 Å². The van der Waals surface area contributed by atoms with E-state index in [9.17, 15) is 28.8 Å². The first-order valence-corrected chi connectivity index (χ1v) is 10.7. The Hall–Kier alpha value is -3.86. The molecule has 0 aromatic heterocycles. The fourth-order valence-electron chi connectivity index (χ4n) is 4.03. The molecule has 2 aliphatic rings. The second kappa shape index (κ2) is 10.6. The molecule has 3 rings (SSSR count). The Bertz CT molecular complexity index is 1100. The van der Waals surface area contributed by atoms with Gasteiger partial charge in [-0.15, -0.1) is 0 Å². The zero-order valence-corrected chi connectivity index (χ0v) is 19.5. The highest BCUT2D eigenvalue weighted by Gasteiger charge is 2.54. The molecular formula is C24H24O11. The van der Waals surface area contributed by atoms with E-state index in [-0.39, 0.29) is 16.7 Å². The normalized spacial score (nSPS) is 25.6. The summed E-state index contributed by atoms with van der Waals surface area (Å²) in [5.41, 5.74) is 0.140. The van der Waals surface area contributed by atoms with Crippen LogP contribution in [0.3, 0.4) is 0 Å². The third kappa shape index (κ3) is 5.80. The second-order valence-corrected chi connectivity index (χ2v) is 7.96. The van der Waals surface area contributed by atoms with Crippen LogP contribution in [0.4, 0.5) is 0 Å². The van der Waals surface area contributed by atoms with Crippen molar-refractivity contribution in [3.8, 4) is 0 Å². The second-order valence-electron chi connectivity index (χ2n) is 7.96. The number of hydrogen-bond acceptors (Lipinski definition) is 11. The minimum atomic E-state index is -1.47. The summed E-state index contributed by atoms with van der Waals surface area (Å²) in [6, 6.07) is 6.15. The molecule has 0 bridgehead atoms. The van der Waals surface area contributed by atoms with Crippen LogP contribution in [0, 0.1) is 0 Å². The van der Waals surface area contributed by atoms with Crippen molar-refractivity contribution in [2.75, 3.05) is 6.61 Å². The van der Waals surface area contributed by atoms with E-state index in [1.807, 2.05) is 0 Å². The zero-order chi connectivity index (χ0) is 25.9. The van der Waals surface area contributed by atoms with Crippen LogP contribution in [0.15, 0.2) is 35.9 Å². The molecule has 1 aliphatic carbocycles. The van der Waals surface area contributed by atoms with Crippen molar-refractivity contribution in [3.05, 3.63) is 47.0 Å². The van der Waals surface area contributed by atoms with E-state index >= 15 is 0 Å². The minimum Gasteiger partial charge on any atom is -0.463 e. The van der Waals surface area contributed by atoms with E-state index in [1.165, 1.54) is 12.1 Å². The van der Waals surface area contributed by atoms with Crippen LogP contribution in [0.25, 0.3) is 0 Å². The van der Waals surface area contributed by atoms with E-state index in [0.717, 1.165) is 33.8 Å². The van der Waals surface area contributed by atoms with Crippen LogP contribution >= 0.6 is 0 Å². The van der Waals surface area contributed by atoms with Crippen LogP contribution in [-0.4, -0.2) is 72.6 Å². The van der Waals surface area contributed by atoms with Gasteiger partial charge in [0.25, 0.3) is 0 Å². The fourth-order valence-corrected chi connectivity index (χ4v) is 4.03. The lowest BCUT2D eigenvalue weighted by Gasteiger charge is -2.45. The van der Waals surface area contributed by atoms with Gasteiger partial charge in [0.1, 0.15) is 18.8 Å². The number of carbonyl (C=O) groups is 6. The molecule has 1 heterocycles. The number of ether oxygens (including phenoxy) is 5. The van der Waals surface area contributed by atoms with Gasteiger partial charge in [0.2, 0.25) is 0 Å². The summed E-state index contributed by atoms with van der Waals surface area (Å²) in [7, 11) is 0. The van der Waals surface area contributed by atoms with Crippen molar-refractivity contribution in [3.63, 3.8) is 0 Å². The number of benzene rings is 1. The highest BCUT2D eigenvalue weighted by molar-refractivity contribution is 6.25. The zero-order valence-electron chi connectivity index (χ0n) is 19.5. The van der Waals surface area contributed by atoms with Gasteiger partial charge in [-0.05, 0) is 6.08 Å². The van der Waals surface area contributed by atoms with E-state index in [1.54, 1.807) is 12.1 Å². The first-order valence-electron chi connectivity index (χ1n) is 10.7. The molecule has 35 heavy (non-hydrogen) atoms. The molecule has 0 radical (unpaired) electrons. The third-order valence-electron chi connectivity index (χ3n) is 5.28. The molecule has 1 saturated heterocycles. The molecule has 0 amide bonds. The number of carbonyl (C=O) groups excluding carboxylic acids is 6. The Morgan fingerprint density at radius 1 is 0.771 bits per heavy atom. The van der Waals surface area contributed by atoms with Gasteiger partial charge in [-0.3, -0.25) is 28.8 Å². The van der Waals surface area contributed by atoms with Crippen molar-refractivity contribution in [1.29, 1.82) is 0 Å². The van der Waals surface area contributed by atoms with Crippen molar-refractivity contribution in [1.82, 2.24) is 0 Å². The highest BCUT2D eigenvalue weighted by Crippen LogP contribution is 2.35. The SMILES string of the molecule is CC(=O)OC[C@H]1O[C@@H](C2=CC(=O)c3ccccc3C2=O)[C@H](OC(C)=O)[C@@H](OC(C)=O)[C@@H]1OC(C)=O. The Balaban J connectivity index is 2.12. The summed E-state index contributed by atoms with van der Waals surface area (Å²) < 4.78 is 27.1. The van der Waals surface area contributed by atoms with E-state index in [0.29, 0.717) is 0 Å². The molecule has 11 heteroatoms. The number of Topliss-reactive ketones (excluding diaryl/α,β-unsaturated/α-hetero) is 1. The topological polar surface area (TPSA) is 149 Å². The maximum Gasteiger partial charge on any atom is 0.303 e. The maximum atomic E-state index is 13.3. The van der Waals surface area contributed by atoms with E-state index in [4.69, 9.17) is 23.7 Å². The van der Waals surface area contributed by atoms with Crippen molar-refractivity contribution in [2.45, 2.75) is 58.2 Å². The third-order valence-corrected chi connectivity index (χ3v) is 5.28. The molecule has 0 N–H and O–H groups in total. The summed E-state index contributed by atoms with van der Waals surface area (Å²) in [6.07, 6.45) is -5.86. The Kier molecular flexibility index (Phi) is 7.80. The van der Waals surface area contributed by atoms with E-state index < -0.39 is 72.6 Å². The van der Waals surface area contributed by atoms with Crippen molar-refractivity contribution >= 4 is 35.4 Å². The lowest BCUT2D eigenvalue weighted by atomic mass is 9.82. The van der Waals surface area contributed by atoms with Gasteiger partial charge in [0.05, 0.1) is 0 Å². The van der Waals surface area contributed by atoms with Crippen LogP contribution < -0.4 is 0 Å². The molecule has 0 saturated carbocycles. The highest BCUT2D eigenvalue weighted by atomic mass is 16.7. The van der Waals surface area contributed by atoms with E-state index in [2.05, 4.69) is 0 Å². The number of ketones is 2. The number of hydrogen-bond donors (Lipinski definition) is 0. The van der Waals surface area contributed by atoms with Crippen LogP contribution in [0.2, 0.25) is 0 Å². The standard InChI is InChI=1S/C24H24O11/c1-11(25)31-10-19-22(32-12(2)26)24(34-14(4)28)23(33-13(3)27)21(35-19)17-9-18(29)15-7-5-6-8-16(15)20(17)30/h5-9,19,21-24H,10H2,1-4H3/t19-,21+,22-,23+,24+/m1/s1. The van der Waals surface area contributed by atoms with Gasteiger partial charge in [0.15, 0.2) is 29.9 Å². The maximum absolute atomic E-state index is 13.3. The Morgan fingerprint density at radius 3 is 1.89 bits per heavy atom. The predicted molar refractivity (Wildman–Crippen MR) is 115 cm³/mol. The monoisotopic (exact) mass is 488 g/mol. The fraction of sp³-hybridized carbons (Fsp3) is 0.417. The minimum absolute atomic E-state index is 0.114. The summed E-state index contributed by atoms with van der Waals surface area (Å²) in [4.78, 5) is 73.3. The molecule has 0 unspecified atom stereocenters. The summed E-state index contributed by atoms with van der Waals surface area (Å²) in [5.74, 6) is -4.11. The Morgan fingerprint density at radius 2 is 1.31 bits per heavy atom. The van der Waals surface area contributed by atoms with Crippen molar-refractivity contribution in [2.24, 2.45) is 0 Å². The van der Waals surface area contributed by atoms with Gasteiger partial charge in [-0.2, -0.15) is 0 Å². The summed E-state index contributed by atoms with van der Waals surface area (Å²) in [6.45, 7) is 3.98. The number of fused-ring (bicyclic) bond motifs is 1. The first kappa shape index (κ1) is 25.8. The molecule has 5 atom stereocenters. The van der Waals surface area contributed by atoms with Crippen LogP contribution in [0.1, 0.15) is 48.4 Å². The number of allylic oxidation sites excluding steroid dienone is 1. The summed E-state index contributed by atoms with van der Waals surface area (Å²) in [5, 5.41) is 0. The average Bonchev–Trinajstić information content (AvgIpc) is 2.77. The molecular weight excluding hydrogens is 464 g/mol. The smallest absolute Gasteiger partial charge is 0.303 e. The lowest BCUT2D eigenvalue weighted by molar-refractivity contribution is -0.245. The quantitative estimate of drug-likeness (QED) is 0.419. The molecule has 186 valence electrons. The molecule has 1 fully saturated rings. The molecule has 11 nitrogen and oxygen atoms in total. The first-order chi connectivity index (χ1) is 16.5. The molecule has 1 aromatic carbocycles. The van der Waals surface area contributed by atoms with Crippen LogP contribution in [-0.2, 0) is 42.9 Å². The van der Waals surface area contributed by atoms with Gasteiger partial charge < -0.3 is 23.7 Å². The average molecular weight is 488 g/mol. The summed E-state index contributed by atoms with van der Waals surface area (Å²) >= 11 is 0. The number of rotatable bonds is 6. The molecule has 1 aromatic rings. The molecule has 1 aliphatic heterocycles. The van der Waals surface area contributed by atoms with Gasteiger partial charge in [-0.1, -0.05) is 24.3 Å². The van der Waals surface area contributed by atoms with Gasteiger partial charge in [0, 0.05) is 44.4 Å². The largest absolute Gasteiger partial charge is 0.463 e. The lowest BCUT2D eigenvalue weighted by Crippen LogP contribution is -2.63. The predicted octanol–water partition coefficient (Wildman–Crippen LogP) is 1.12. The Labute approximate surface area is 200 Å². The molecule has 0 spiro atoms. The van der Waals surface area contributed by atoms with Crippen LogP contribution in [0.5, 0.6) is 0 Å².